The highest BCUT2D eigenvalue weighted by molar-refractivity contribution is 7.07. The van der Waals surface area contributed by atoms with Crippen molar-refractivity contribution in [2.45, 2.75) is 19.6 Å². The normalized spacial score (nSPS) is 14.1. The first kappa shape index (κ1) is 34.2. The molecule has 6 rings (SSSR count). The lowest BCUT2D eigenvalue weighted by Crippen LogP contribution is -2.40. The molecule has 4 aromatic carbocycles. The Morgan fingerprint density at radius 2 is 1.74 bits per heavy atom. The van der Waals surface area contributed by atoms with E-state index in [1.54, 1.807) is 56.5 Å². The first-order chi connectivity index (χ1) is 24.2. The van der Waals surface area contributed by atoms with Crippen molar-refractivity contribution in [2.24, 2.45) is 4.99 Å². The highest BCUT2D eigenvalue weighted by atomic mass is 35.5. The first-order valence-electron chi connectivity index (χ1n) is 15.4. The van der Waals surface area contributed by atoms with Crippen LogP contribution in [0.4, 0.5) is 5.69 Å². The van der Waals surface area contributed by atoms with E-state index in [-0.39, 0.29) is 40.8 Å². The van der Waals surface area contributed by atoms with E-state index < -0.39 is 16.9 Å². The highest BCUT2D eigenvalue weighted by Crippen LogP contribution is 2.38. The van der Waals surface area contributed by atoms with Crippen LogP contribution in [0.2, 0.25) is 5.02 Å². The summed E-state index contributed by atoms with van der Waals surface area (Å²) in [5, 5.41) is 11.2. The third kappa shape index (κ3) is 6.89. The predicted octanol–water partition coefficient (Wildman–Crippen LogP) is 6.09. The molecule has 13 heteroatoms. The number of hydrogen-bond acceptors (Lipinski definition) is 10. The topological polar surface area (TPSA) is 131 Å². The number of benzene rings is 4. The van der Waals surface area contributed by atoms with Crippen LogP contribution in [-0.2, 0) is 16.1 Å². The maximum absolute atomic E-state index is 14.3. The molecule has 1 atom stereocenters. The Kier molecular flexibility index (Phi) is 10.1. The second-order valence-corrected chi connectivity index (χ2v) is 12.4. The molecular weight excluding hydrogens is 682 g/mol. The standard InChI is InChI=1S/C37H30ClN3O8S/c1-4-48-36(43)31-32(24-8-6-5-7-9-24)39-37-40(33(31)25-12-16-27(46-2)17-13-25)35(42)30(50-37)20-23-18-28(38)34(29(19-23)47-3)49-21-22-10-14-26(15-11-22)41(44)45/h5-20,33H,4,21H2,1-3H3/b30-20-/t33-/m0/s1. The molecule has 50 heavy (non-hydrogen) atoms. The summed E-state index contributed by atoms with van der Waals surface area (Å²) in [6, 6.07) is 25.0. The van der Waals surface area contributed by atoms with Gasteiger partial charge in [-0.05, 0) is 66.1 Å². The van der Waals surface area contributed by atoms with E-state index in [1.807, 2.05) is 42.5 Å². The quantitative estimate of drug-likeness (QED) is 0.0914. The number of aromatic nitrogens is 1. The maximum atomic E-state index is 14.3. The fraction of sp³-hybridized carbons (Fsp3) is 0.162. The van der Waals surface area contributed by atoms with Crippen LogP contribution in [0.5, 0.6) is 17.2 Å². The zero-order chi connectivity index (χ0) is 35.4. The second kappa shape index (κ2) is 14.8. The van der Waals surface area contributed by atoms with Crippen LogP contribution in [0.1, 0.15) is 35.2 Å². The van der Waals surface area contributed by atoms with Crippen molar-refractivity contribution in [1.29, 1.82) is 0 Å². The van der Waals surface area contributed by atoms with Gasteiger partial charge in [-0.1, -0.05) is 65.4 Å². The summed E-state index contributed by atoms with van der Waals surface area (Å²) in [6.45, 7) is 1.95. The Morgan fingerprint density at radius 1 is 1.02 bits per heavy atom. The summed E-state index contributed by atoms with van der Waals surface area (Å²) in [7, 11) is 3.04. The summed E-state index contributed by atoms with van der Waals surface area (Å²) in [6.07, 6.45) is 1.68. The van der Waals surface area contributed by atoms with Crippen molar-refractivity contribution in [3.63, 3.8) is 0 Å². The van der Waals surface area contributed by atoms with Crippen LogP contribution in [0, 0.1) is 10.1 Å². The van der Waals surface area contributed by atoms with E-state index >= 15 is 0 Å². The average Bonchev–Trinajstić information content (AvgIpc) is 3.44. The zero-order valence-corrected chi connectivity index (χ0v) is 28.7. The van der Waals surface area contributed by atoms with Gasteiger partial charge in [0, 0.05) is 17.7 Å². The molecule has 0 N–H and O–H groups in total. The van der Waals surface area contributed by atoms with Crippen molar-refractivity contribution in [3.8, 4) is 17.2 Å². The number of esters is 1. The van der Waals surface area contributed by atoms with Crippen molar-refractivity contribution in [3.05, 3.63) is 154 Å². The molecule has 1 aliphatic rings. The minimum Gasteiger partial charge on any atom is -0.497 e. The number of thiazole rings is 1. The summed E-state index contributed by atoms with van der Waals surface area (Å²) in [5.74, 6) is 0.644. The summed E-state index contributed by atoms with van der Waals surface area (Å²) in [5.41, 5.74) is 2.89. The van der Waals surface area contributed by atoms with E-state index in [9.17, 15) is 19.7 Å². The van der Waals surface area contributed by atoms with Crippen molar-refractivity contribution >= 4 is 46.4 Å². The SMILES string of the molecule is CCOC(=O)C1=C(c2ccccc2)N=c2s/c(=C\c3cc(Cl)c(OCc4ccc([N+](=O)[O-])cc4)c(OC)c3)c(=O)n2[C@H]1c1ccc(OC)cc1. The molecule has 0 fully saturated rings. The van der Waals surface area contributed by atoms with E-state index in [0.29, 0.717) is 48.8 Å². The molecule has 0 amide bonds. The Bertz CT molecular complexity index is 2280. The smallest absolute Gasteiger partial charge is 0.338 e. The van der Waals surface area contributed by atoms with Gasteiger partial charge in [0.2, 0.25) is 0 Å². The van der Waals surface area contributed by atoms with Crippen LogP contribution in [0.15, 0.2) is 106 Å². The molecule has 0 saturated carbocycles. The molecule has 0 saturated heterocycles. The van der Waals surface area contributed by atoms with Gasteiger partial charge in [0.1, 0.15) is 12.4 Å². The third-order valence-corrected chi connectivity index (χ3v) is 9.15. The average molecular weight is 712 g/mol. The largest absolute Gasteiger partial charge is 0.497 e. The zero-order valence-electron chi connectivity index (χ0n) is 27.1. The molecule has 1 aliphatic heterocycles. The number of methoxy groups -OCH3 is 2. The number of nitro groups is 1. The maximum Gasteiger partial charge on any atom is 0.338 e. The van der Waals surface area contributed by atoms with Gasteiger partial charge >= 0.3 is 5.97 Å². The van der Waals surface area contributed by atoms with Crippen LogP contribution in [-0.4, -0.2) is 36.3 Å². The minimum absolute atomic E-state index is 0.0253. The van der Waals surface area contributed by atoms with Crippen LogP contribution in [0.3, 0.4) is 0 Å². The number of non-ortho nitro benzene ring substituents is 1. The predicted molar refractivity (Wildman–Crippen MR) is 189 cm³/mol. The number of carbonyl (C=O) groups is 1. The molecule has 0 spiro atoms. The van der Waals surface area contributed by atoms with Crippen molar-refractivity contribution < 1.29 is 28.7 Å². The molecule has 11 nitrogen and oxygen atoms in total. The van der Waals surface area contributed by atoms with Crippen molar-refractivity contribution in [1.82, 2.24) is 4.57 Å². The molecule has 1 aromatic heterocycles. The van der Waals surface area contributed by atoms with Gasteiger partial charge in [0.05, 0.1) is 52.6 Å². The number of fused-ring (bicyclic) bond motifs is 1. The van der Waals surface area contributed by atoms with Gasteiger partial charge in [0.25, 0.3) is 11.2 Å². The van der Waals surface area contributed by atoms with Gasteiger partial charge in [-0.2, -0.15) is 0 Å². The molecule has 0 bridgehead atoms. The van der Waals surface area contributed by atoms with Gasteiger partial charge in [-0.15, -0.1) is 0 Å². The summed E-state index contributed by atoms with van der Waals surface area (Å²) >= 11 is 7.85. The Morgan fingerprint density at radius 3 is 2.38 bits per heavy atom. The number of nitrogens with zero attached hydrogens (tertiary/aromatic N) is 3. The monoisotopic (exact) mass is 711 g/mol. The number of hydrogen-bond donors (Lipinski definition) is 0. The molecule has 2 heterocycles. The molecule has 5 aromatic rings. The third-order valence-electron chi connectivity index (χ3n) is 7.89. The van der Waals surface area contributed by atoms with E-state index in [4.69, 9.17) is 35.5 Å². The first-order valence-corrected chi connectivity index (χ1v) is 16.6. The molecule has 254 valence electrons. The number of nitro benzene ring substituents is 1. The number of ether oxygens (including phenoxy) is 4. The van der Waals surface area contributed by atoms with E-state index in [1.165, 1.54) is 35.1 Å². The Hall–Kier alpha value is -5.72. The minimum atomic E-state index is -0.845. The molecule has 0 unspecified atom stereocenters. The lowest BCUT2D eigenvalue weighted by atomic mass is 9.93. The van der Waals surface area contributed by atoms with Gasteiger partial charge in [-0.25, -0.2) is 9.79 Å². The molecule has 0 aliphatic carbocycles. The highest BCUT2D eigenvalue weighted by Gasteiger charge is 2.35. The molecular formula is C37H30ClN3O8S. The fourth-order valence-electron chi connectivity index (χ4n) is 5.53. The second-order valence-electron chi connectivity index (χ2n) is 11.0. The summed E-state index contributed by atoms with van der Waals surface area (Å²) in [4.78, 5) is 43.7. The van der Waals surface area contributed by atoms with Gasteiger partial charge in [-0.3, -0.25) is 19.5 Å². The molecule has 0 radical (unpaired) electrons. The number of rotatable bonds is 11. The van der Waals surface area contributed by atoms with Gasteiger partial charge in [0.15, 0.2) is 16.3 Å². The van der Waals surface area contributed by atoms with E-state index in [2.05, 4.69) is 0 Å². The lowest BCUT2D eigenvalue weighted by Gasteiger charge is -2.26. The fourth-order valence-corrected chi connectivity index (χ4v) is 6.80. The number of halogens is 1. The summed E-state index contributed by atoms with van der Waals surface area (Å²) < 4.78 is 24.3. The Labute approximate surface area is 295 Å². The van der Waals surface area contributed by atoms with Gasteiger partial charge < -0.3 is 18.9 Å². The van der Waals surface area contributed by atoms with Crippen LogP contribution in [0.25, 0.3) is 11.8 Å². The number of carbonyl (C=O) groups excluding carboxylic acids is 1. The Balaban J connectivity index is 1.45. The van der Waals surface area contributed by atoms with Crippen molar-refractivity contribution in [2.75, 3.05) is 20.8 Å². The van der Waals surface area contributed by atoms with Crippen LogP contribution < -0.4 is 29.1 Å². The van der Waals surface area contributed by atoms with E-state index in [0.717, 1.165) is 0 Å². The van der Waals surface area contributed by atoms with Crippen LogP contribution >= 0.6 is 22.9 Å². The lowest BCUT2D eigenvalue weighted by molar-refractivity contribution is -0.384.